The Morgan fingerprint density at radius 3 is 1.61 bits per heavy atom. The van der Waals surface area contributed by atoms with Gasteiger partial charge < -0.3 is 15.4 Å². The molecule has 6 nitrogen and oxygen atoms in total. The first kappa shape index (κ1) is 32.6. The topological polar surface area (TPSA) is 84.5 Å². The molecule has 0 aromatic carbocycles. The Kier molecular flexibility index (Phi) is 23.7. The summed E-state index contributed by atoms with van der Waals surface area (Å²) in [6.45, 7) is 3.05. The number of hydrogen-bond donors (Lipinski definition) is 2. The Hall–Kier alpha value is -3.41. The van der Waals surface area contributed by atoms with Gasteiger partial charge in [-0.3, -0.25) is 9.59 Å². The lowest BCUT2D eigenvalue weighted by Crippen LogP contribution is -2.29. The number of carbonyl (C=O) groups is 3. The number of rotatable bonds is 20. The number of esters is 1. The monoisotopic (exact) mass is 496 g/mol. The van der Waals surface area contributed by atoms with Crippen molar-refractivity contribution >= 4 is 17.8 Å². The zero-order valence-electron chi connectivity index (χ0n) is 22.0. The van der Waals surface area contributed by atoms with E-state index in [2.05, 4.69) is 89.1 Å². The summed E-state index contributed by atoms with van der Waals surface area (Å²) < 4.78 is 4.40. The molecule has 0 bridgehead atoms. The van der Waals surface area contributed by atoms with Gasteiger partial charge >= 0.3 is 5.97 Å². The first-order valence-electron chi connectivity index (χ1n) is 12.8. The van der Waals surface area contributed by atoms with Crippen LogP contribution < -0.4 is 10.6 Å². The summed E-state index contributed by atoms with van der Waals surface area (Å²) in [5.74, 6) is -0.958. The summed E-state index contributed by atoms with van der Waals surface area (Å²) in [7, 11) is 1.25. The molecule has 0 atom stereocenters. The Bertz CT molecular complexity index is 802. The van der Waals surface area contributed by atoms with Gasteiger partial charge in [-0.25, -0.2) is 4.79 Å². The molecule has 0 aliphatic rings. The van der Waals surface area contributed by atoms with Crippen LogP contribution in [-0.2, 0) is 19.1 Å². The molecule has 6 heteroatoms. The number of hydrogen-bond acceptors (Lipinski definition) is 4. The SMILES string of the molecule is CCC=CCC=CCC=CCC=CCC=CCC=CCCC(=O)NCCCNC(=O)/C=C/C(=O)OC. The normalized spacial score (nSPS) is 12.4. The zero-order chi connectivity index (χ0) is 26.5. The van der Waals surface area contributed by atoms with Crippen molar-refractivity contribution in [3.05, 3.63) is 85.1 Å². The number of methoxy groups -OCH3 is 1. The lowest BCUT2D eigenvalue weighted by molar-refractivity contribution is -0.135. The first-order valence-corrected chi connectivity index (χ1v) is 12.8. The van der Waals surface area contributed by atoms with Crippen LogP contribution in [0.2, 0.25) is 0 Å². The zero-order valence-corrected chi connectivity index (χ0v) is 22.0. The van der Waals surface area contributed by atoms with Crippen molar-refractivity contribution in [3.8, 4) is 0 Å². The molecule has 2 amide bonds. The van der Waals surface area contributed by atoms with E-state index >= 15 is 0 Å². The molecule has 2 N–H and O–H groups in total. The quantitative estimate of drug-likeness (QED) is 0.0963. The molecule has 0 heterocycles. The Balaban J connectivity index is 3.63. The second-order valence-corrected chi connectivity index (χ2v) is 7.80. The van der Waals surface area contributed by atoms with Gasteiger partial charge in [-0.1, -0.05) is 79.8 Å². The highest BCUT2D eigenvalue weighted by Gasteiger charge is 2.00. The van der Waals surface area contributed by atoms with Crippen molar-refractivity contribution in [2.45, 2.75) is 64.7 Å². The summed E-state index contributed by atoms with van der Waals surface area (Å²) in [4.78, 5) is 34.1. The number of amides is 2. The fourth-order valence-corrected chi connectivity index (χ4v) is 2.74. The highest BCUT2D eigenvalue weighted by Crippen LogP contribution is 1.98. The van der Waals surface area contributed by atoms with Gasteiger partial charge in [0, 0.05) is 31.7 Å². The predicted octanol–water partition coefficient (Wildman–Crippen LogP) is 5.82. The third kappa shape index (κ3) is 25.2. The van der Waals surface area contributed by atoms with E-state index < -0.39 is 5.97 Å². The maximum atomic E-state index is 11.8. The Labute approximate surface area is 217 Å². The van der Waals surface area contributed by atoms with Gasteiger partial charge in [-0.05, 0) is 51.4 Å². The smallest absolute Gasteiger partial charge is 0.330 e. The average molecular weight is 497 g/mol. The molecule has 0 aliphatic carbocycles. The van der Waals surface area contributed by atoms with E-state index in [4.69, 9.17) is 0 Å². The summed E-state index contributed by atoms with van der Waals surface area (Å²) in [5.41, 5.74) is 0. The van der Waals surface area contributed by atoms with E-state index in [1.165, 1.54) is 7.11 Å². The van der Waals surface area contributed by atoms with E-state index in [0.29, 0.717) is 32.4 Å². The maximum absolute atomic E-state index is 11.8. The van der Waals surface area contributed by atoms with Gasteiger partial charge in [-0.2, -0.15) is 0 Å². The molecule has 0 radical (unpaired) electrons. The standard InChI is InChI=1S/C30H44N2O4/c1-3-4-5-6-7-8-9-10-11-12-13-14-15-16-17-18-19-20-21-23-28(33)31-26-22-27-32-29(34)24-25-30(35)36-2/h4-5,7-8,10-11,13-14,16-17,19-20,24-25H,3,6,9,12,15,18,21-23,26-27H2,1-2H3,(H,31,33)(H,32,34)/b5-4?,8-7?,11-10?,14-13?,17-16?,20-19?,25-24+. The van der Waals surface area contributed by atoms with Crippen molar-refractivity contribution in [3.63, 3.8) is 0 Å². The molecule has 0 aromatic rings. The molecule has 0 aromatic heterocycles. The summed E-state index contributed by atoms with van der Waals surface area (Å²) in [6.07, 6.45) is 35.7. The number of carbonyl (C=O) groups excluding carboxylic acids is 3. The fourth-order valence-electron chi connectivity index (χ4n) is 2.74. The molecular formula is C30H44N2O4. The predicted molar refractivity (Wildman–Crippen MR) is 149 cm³/mol. The lowest BCUT2D eigenvalue weighted by Gasteiger charge is -2.04. The molecular weight excluding hydrogens is 452 g/mol. The van der Waals surface area contributed by atoms with Crippen LogP contribution in [0.4, 0.5) is 0 Å². The minimum Gasteiger partial charge on any atom is -0.466 e. The summed E-state index contributed by atoms with van der Waals surface area (Å²) in [6, 6.07) is 0. The molecule has 0 aliphatic heterocycles. The van der Waals surface area contributed by atoms with Crippen LogP contribution in [0.25, 0.3) is 0 Å². The first-order chi connectivity index (χ1) is 17.6. The van der Waals surface area contributed by atoms with Crippen LogP contribution in [0, 0.1) is 0 Å². The number of nitrogens with one attached hydrogen (secondary N) is 2. The Morgan fingerprint density at radius 1 is 0.639 bits per heavy atom. The van der Waals surface area contributed by atoms with E-state index in [1.54, 1.807) is 0 Å². The lowest BCUT2D eigenvalue weighted by atomic mass is 10.2. The average Bonchev–Trinajstić information content (AvgIpc) is 2.88. The molecule has 0 saturated carbocycles. The van der Waals surface area contributed by atoms with Gasteiger partial charge in [0.15, 0.2) is 0 Å². The third-order valence-corrected chi connectivity index (χ3v) is 4.68. The molecule has 0 fully saturated rings. The minimum absolute atomic E-state index is 0.00792. The molecule has 0 unspecified atom stereocenters. The second-order valence-electron chi connectivity index (χ2n) is 7.80. The summed E-state index contributed by atoms with van der Waals surface area (Å²) >= 11 is 0. The van der Waals surface area contributed by atoms with Gasteiger partial charge in [0.25, 0.3) is 0 Å². The number of allylic oxidation sites excluding steroid dienone is 12. The highest BCUT2D eigenvalue weighted by atomic mass is 16.5. The largest absolute Gasteiger partial charge is 0.466 e. The van der Waals surface area contributed by atoms with Gasteiger partial charge in [-0.15, -0.1) is 0 Å². The van der Waals surface area contributed by atoms with Gasteiger partial charge in [0.2, 0.25) is 11.8 Å². The van der Waals surface area contributed by atoms with Crippen molar-refractivity contribution in [2.24, 2.45) is 0 Å². The summed E-state index contributed by atoms with van der Waals surface area (Å²) in [5, 5.41) is 5.46. The molecule has 0 spiro atoms. The van der Waals surface area contributed by atoms with Crippen LogP contribution in [-0.4, -0.2) is 38.0 Å². The van der Waals surface area contributed by atoms with Crippen LogP contribution >= 0.6 is 0 Å². The van der Waals surface area contributed by atoms with Crippen LogP contribution in [0.5, 0.6) is 0 Å². The van der Waals surface area contributed by atoms with Crippen LogP contribution in [0.15, 0.2) is 85.1 Å². The van der Waals surface area contributed by atoms with Crippen molar-refractivity contribution in [1.82, 2.24) is 10.6 Å². The van der Waals surface area contributed by atoms with E-state index in [1.807, 2.05) is 6.08 Å². The highest BCUT2D eigenvalue weighted by molar-refractivity contribution is 5.94. The molecule has 0 rings (SSSR count). The van der Waals surface area contributed by atoms with Gasteiger partial charge in [0.1, 0.15) is 0 Å². The van der Waals surface area contributed by atoms with E-state index in [-0.39, 0.29) is 11.8 Å². The van der Waals surface area contributed by atoms with Crippen molar-refractivity contribution in [1.29, 1.82) is 0 Å². The molecule has 0 saturated heterocycles. The van der Waals surface area contributed by atoms with Gasteiger partial charge in [0.05, 0.1) is 7.11 Å². The minimum atomic E-state index is -0.579. The van der Waals surface area contributed by atoms with Crippen molar-refractivity contribution in [2.75, 3.05) is 20.2 Å². The third-order valence-electron chi connectivity index (χ3n) is 4.68. The molecule has 36 heavy (non-hydrogen) atoms. The van der Waals surface area contributed by atoms with E-state index in [0.717, 1.165) is 50.7 Å². The molecule has 198 valence electrons. The van der Waals surface area contributed by atoms with E-state index in [9.17, 15) is 14.4 Å². The van der Waals surface area contributed by atoms with Crippen LogP contribution in [0.3, 0.4) is 0 Å². The van der Waals surface area contributed by atoms with Crippen LogP contribution in [0.1, 0.15) is 64.7 Å². The maximum Gasteiger partial charge on any atom is 0.330 e. The van der Waals surface area contributed by atoms with Crippen molar-refractivity contribution < 1.29 is 19.1 Å². The second kappa shape index (κ2) is 26.2. The number of ether oxygens (including phenoxy) is 1. The Morgan fingerprint density at radius 2 is 1.11 bits per heavy atom. The fraction of sp³-hybridized carbons (Fsp3) is 0.433.